The van der Waals surface area contributed by atoms with Crippen LogP contribution in [0.4, 0.5) is 0 Å². The molecule has 1 aromatic heterocycles. The minimum absolute atomic E-state index is 0.00828. The van der Waals surface area contributed by atoms with E-state index in [-0.39, 0.29) is 42.0 Å². The topological polar surface area (TPSA) is 111 Å². The third-order valence-corrected chi connectivity index (χ3v) is 5.77. The van der Waals surface area contributed by atoms with E-state index in [4.69, 9.17) is 0 Å². The summed E-state index contributed by atoms with van der Waals surface area (Å²) in [6, 6.07) is 6.66. The van der Waals surface area contributed by atoms with Crippen LogP contribution in [-0.2, 0) is 21.2 Å². The van der Waals surface area contributed by atoms with Crippen molar-refractivity contribution in [3.05, 3.63) is 34.6 Å². The van der Waals surface area contributed by atoms with Crippen LogP contribution in [0.15, 0.2) is 29.1 Å². The standard InChI is InChI=1S/C15H18N4O4S/c20-14(16-11-7-9-24(22,23)10-11)6-3-8-19-15(21)12-4-1-2-5-13(12)17-18-19/h1-2,4-5,11H,3,6-10H2,(H,16,20)/t11-/m0/s1. The average Bonchev–Trinajstić information content (AvgIpc) is 2.88. The highest BCUT2D eigenvalue weighted by Gasteiger charge is 2.28. The van der Waals surface area contributed by atoms with Crippen molar-refractivity contribution in [1.82, 2.24) is 20.3 Å². The lowest BCUT2D eigenvalue weighted by Gasteiger charge is -2.10. The molecule has 1 atom stereocenters. The van der Waals surface area contributed by atoms with E-state index >= 15 is 0 Å². The second kappa shape index (κ2) is 6.68. The number of fused-ring (bicyclic) bond motifs is 1. The number of sulfone groups is 1. The lowest BCUT2D eigenvalue weighted by Crippen LogP contribution is -2.35. The molecule has 24 heavy (non-hydrogen) atoms. The monoisotopic (exact) mass is 350 g/mol. The number of nitrogens with one attached hydrogen (secondary N) is 1. The molecule has 1 fully saturated rings. The Kier molecular flexibility index (Phi) is 4.61. The lowest BCUT2D eigenvalue weighted by molar-refractivity contribution is -0.121. The van der Waals surface area contributed by atoms with Gasteiger partial charge in [0.25, 0.3) is 5.56 Å². The molecule has 1 saturated heterocycles. The van der Waals surface area contributed by atoms with Gasteiger partial charge in [-0.25, -0.2) is 13.1 Å². The van der Waals surface area contributed by atoms with E-state index < -0.39 is 9.84 Å². The summed E-state index contributed by atoms with van der Waals surface area (Å²) in [5.41, 5.74) is 0.307. The zero-order valence-corrected chi connectivity index (χ0v) is 13.8. The molecule has 1 aromatic carbocycles. The van der Waals surface area contributed by atoms with Crippen molar-refractivity contribution in [2.75, 3.05) is 11.5 Å². The smallest absolute Gasteiger partial charge is 0.277 e. The number of hydrogen-bond donors (Lipinski definition) is 1. The predicted octanol–water partition coefficient (Wildman–Crippen LogP) is -0.125. The Balaban J connectivity index is 1.54. The van der Waals surface area contributed by atoms with E-state index in [0.29, 0.717) is 23.7 Å². The van der Waals surface area contributed by atoms with Crippen LogP contribution in [0.25, 0.3) is 10.9 Å². The van der Waals surface area contributed by atoms with E-state index in [2.05, 4.69) is 15.6 Å². The van der Waals surface area contributed by atoms with Crippen molar-refractivity contribution >= 4 is 26.6 Å². The fourth-order valence-electron chi connectivity index (χ4n) is 2.77. The van der Waals surface area contributed by atoms with Gasteiger partial charge in [0, 0.05) is 19.0 Å². The van der Waals surface area contributed by atoms with Crippen LogP contribution >= 0.6 is 0 Å². The molecule has 1 aliphatic rings. The summed E-state index contributed by atoms with van der Waals surface area (Å²) in [7, 11) is -3.01. The molecule has 1 N–H and O–H groups in total. The molecule has 0 bridgehead atoms. The number of aryl methyl sites for hydroxylation is 1. The lowest BCUT2D eigenvalue weighted by atomic mass is 10.2. The third-order valence-electron chi connectivity index (χ3n) is 4.00. The maximum absolute atomic E-state index is 12.2. The Hall–Kier alpha value is -2.29. The summed E-state index contributed by atoms with van der Waals surface area (Å²) in [6.07, 6.45) is 1.10. The Morgan fingerprint density at radius 2 is 2.12 bits per heavy atom. The van der Waals surface area contributed by atoms with Gasteiger partial charge in [-0.3, -0.25) is 9.59 Å². The quantitative estimate of drug-likeness (QED) is 0.804. The van der Waals surface area contributed by atoms with Gasteiger partial charge < -0.3 is 5.32 Å². The van der Waals surface area contributed by atoms with Crippen LogP contribution in [0.2, 0.25) is 0 Å². The van der Waals surface area contributed by atoms with Gasteiger partial charge in [0.2, 0.25) is 5.91 Å². The molecule has 0 aliphatic carbocycles. The normalized spacial score (nSPS) is 19.4. The first-order valence-electron chi connectivity index (χ1n) is 7.77. The summed E-state index contributed by atoms with van der Waals surface area (Å²) >= 11 is 0. The summed E-state index contributed by atoms with van der Waals surface area (Å²) in [5.74, 6) is -0.0761. The molecule has 2 heterocycles. The second-order valence-electron chi connectivity index (χ2n) is 5.91. The second-order valence-corrected chi connectivity index (χ2v) is 8.13. The molecule has 9 heteroatoms. The largest absolute Gasteiger partial charge is 0.352 e. The van der Waals surface area contributed by atoms with Gasteiger partial charge in [0.05, 0.1) is 16.9 Å². The number of aromatic nitrogens is 3. The van der Waals surface area contributed by atoms with Crippen molar-refractivity contribution in [2.45, 2.75) is 31.8 Å². The first-order chi connectivity index (χ1) is 11.4. The molecule has 1 aliphatic heterocycles. The minimum atomic E-state index is -3.01. The average molecular weight is 350 g/mol. The van der Waals surface area contributed by atoms with Crippen molar-refractivity contribution in [1.29, 1.82) is 0 Å². The summed E-state index contributed by atoms with van der Waals surface area (Å²) in [6.45, 7) is 0.285. The zero-order chi connectivity index (χ0) is 17.2. The summed E-state index contributed by atoms with van der Waals surface area (Å²) in [4.78, 5) is 24.1. The first kappa shape index (κ1) is 16.6. The zero-order valence-electron chi connectivity index (χ0n) is 13.0. The Morgan fingerprint density at radius 1 is 1.33 bits per heavy atom. The highest BCUT2D eigenvalue weighted by Crippen LogP contribution is 2.11. The molecule has 0 unspecified atom stereocenters. The van der Waals surface area contributed by atoms with Gasteiger partial charge in [0.1, 0.15) is 5.52 Å². The minimum Gasteiger partial charge on any atom is -0.352 e. The molecule has 0 radical (unpaired) electrons. The molecule has 2 aromatic rings. The van der Waals surface area contributed by atoms with E-state index in [0.717, 1.165) is 0 Å². The van der Waals surface area contributed by atoms with Crippen LogP contribution in [0.5, 0.6) is 0 Å². The predicted molar refractivity (Wildman–Crippen MR) is 88.2 cm³/mol. The third kappa shape index (κ3) is 3.78. The van der Waals surface area contributed by atoms with Gasteiger partial charge in [0.15, 0.2) is 9.84 Å². The fourth-order valence-corrected chi connectivity index (χ4v) is 4.44. The molecule has 0 spiro atoms. The number of rotatable bonds is 5. The summed E-state index contributed by atoms with van der Waals surface area (Å²) in [5, 5.41) is 11.1. The summed E-state index contributed by atoms with van der Waals surface area (Å²) < 4.78 is 24.0. The number of carbonyl (C=O) groups excluding carboxylic acids is 1. The van der Waals surface area contributed by atoms with Crippen molar-refractivity contribution in [2.24, 2.45) is 0 Å². The van der Waals surface area contributed by atoms with Gasteiger partial charge in [-0.1, -0.05) is 17.3 Å². The maximum Gasteiger partial charge on any atom is 0.277 e. The molecular weight excluding hydrogens is 332 g/mol. The number of amides is 1. The highest BCUT2D eigenvalue weighted by atomic mass is 32.2. The molecule has 0 saturated carbocycles. The van der Waals surface area contributed by atoms with Crippen molar-refractivity contribution < 1.29 is 13.2 Å². The molecule has 128 valence electrons. The Labute approximate surface area is 138 Å². The van der Waals surface area contributed by atoms with E-state index in [9.17, 15) is 18.0 Å². The van der Waals surface area contributed by atoms with Gasteiger partial charge in [-0.05, 0) is 25.0 Å². The molecule has 3 rings (SSSR count). The molecular formula is C15H18N4O4S. The number of hydrogen-bond acceptors (Lipinski definition) is 6. The molecule has 8 nitrogen and oxygen atoms in total. The van der Waals surface area contributed by atoms with E-state index in [1.165, 1.54) is 4.68 Å². The number of nitrogens with zero attached hydrogens (tertiary/aromatic N) is 3. The van der Waals surface area contributed by atoms with Gasteiger partial charge in [-0.15, -0.1) is 5.10 Å². The van der Waals surface area contributed by atoms with Crippen LogP contribution < -0.4 is 10.9 Å². The Bertz CT molecular complexity index is 922. The number of carbonyl (C=O) groups is 1. The SMILES string of the molecule is O=C(CCCn1nnc2ccccc2c1=O)N[C@H]1CCS(=O)(=O)C1. The van der Waals surface area contributed by atoms with Gasteiger partial charge >= 0.3 is 0 Å². The highest BCUT2D eigenvalue weighted by molar-refractivity contribution is 7.91. The number of benzene rings is 1. The van der Waals surface area contributed by atoms with Crippen LogP contribution in [-0.4, -0.2) is 46.9 Å². The van der Waals surface area contributed by atoms with Crippen molar-refractivity contribution in [3.8, 4) is 0 Å². The molecule has 1 amide bonds. The van der Waals surface area contributed by atoms with Gasteiger partial charge in [-0.2, -0.15) is 0 Å². The van der Waals surface area contributed by atoms with Crippen molar-refractivity contribution in [3.63, 3.8) is 0 Å². The Morgan fingerprint density at radius 3 is 2.88 bits per heavy atom. The van der Waals surface area contributed by atoms with E-state index in [1.807, 2.05) is 0 Å². The van der Waals surface area contributed by atoms with Crippen LogP contribution in [0, 0.1) is 0 Å². The van der Waals surface area contributed by atoms with Crippen LogP contribution in [0.3, 0.4) is 0 Å². The first-order valence-corrected chi connectivity index (χ1v) is 9.59. The van der Waals surface area contributed by atoms with Crippen LogP contribution in [0.1, 0.15) is 19.3 Å². The fraction of sp³-hybridized carbons (Fsp3) is 0.467. The van der Waals surface area contributed by atoms with E-state index in [1.54, 1.807) is 24.3 Å². The maximum atomic E-state index is 12.2.